The molecule has 0 saturated carbocycles. The molecule has 0 aliphatic heterocycles. The summed E-state index contributed by atoms with van der Waals surface area (Å²) in [5, 5.41) is 21.8. The summed E-state index contributed by atoms with van der Waals surface area (Å²) in [6.07, 6.45) is 2.70. The molecule has 0 saturated heterocycles. The van der Waals surface area contributed by atoms with E-state index in [9.17, 15) is 23.7 Å². The molecule has 0 fully saturated rings. The molecule has 1 amide bonds. The molecule has 34 heavy (non-hydrogen) atoms. The Morgan fingerprint density at radius 2 is 2.00 bits per heavy atom. The van der Waals surface area contributed by atoms with Crippen molar-refractivity contribution in [2.45, 2.75) is 13.3 Å². The second-order valence-corrected chi connectivity index (χ2v) is 7.21. The van der Waals surface area contributed by atoms with E-state index in [1.165, 1.54) is 40.1 Å². The Morgan fingerprint density at radius 3 is 2.76 bits per heavy atom. The average molecular weight is 490 g/mol. The Kier molecular flexibility index (Phi) is 6.45. The summed E-state index contributed by atoms with van der Waals surface area (Å²) < 4.78 is 35.1. The van der Waals surface area contributed by atoms with E-state index in [2.05, 4.69) is 20.5 Å². The minimum atomic E-state index is -0.705. The van der Waals surface area contributed by atoms with Crippen LogP contribution < -0.4 is 10.1 Å². The fraction of sp³-hybridized carbons (Fsp3) is 0.100. The SMILES string of the molecule is O=C(Nc1ncn(Cc2c(F)cccc2Cl)n1)c1ccn(COc2cc(F)ccc2[N+](=O)[O-])n1. The highest BCUT2D eigenvalue weighted by atomic mass is 35.5. The number of aromatic nitrogens is 5. The van der Waals surface area contributed by atoms with Crippen molar-refractivity contribution in [2.24, 2.45) is 0 Å². The van der Waals surface area contributed by atoms with E-state index in [0.717, 1.165) is 18.2 Å². The number of amides is 1. The van der Waals surface area contributed by atoms with Crippen LogP contribution in [0.2, 0.25) is 5.02 Å². The lowest BCUT2D eigenvalue weighted by Crippen LogP contribution is -2.15. The third kappa shape index (κ3) is 5.15. The van der Waals surface area contributed by atoms with Crippen LogP contribution in [0.5, 0.6) is 5.75 Å². The summed E-state index contributed by atoms with van der Waals surface area (Å²) >= 11 is 6.01. The molecular formula is C20H14ClF2N7O4. The summed E-state index contributed by atoms with van der Waals surface area (Å²) in [6.45, 7) is -0.305. The van der Waals surface area contributed by atoms with Crippen LogP contribution in [0.1, 0.15) is 16.1 Å². The molecule has 4 rings (SSSR count). The van der Waals surface area contributed by atoms with Crippen LogP contribution in [0.25, 0.3) is 0 Å². The standard InChI is InChI=1S/C20H14ClF2N7O4/c21-14-2-1-3-15(23)13(14)9-29-10-24-20(27-29)25-19(31)16-6-7-28(26-16)11-34-18-8-12(22)4-5-17(18)30(32)33/h1-8,10H,9,11H2,(H,25,27,31). The van der Waals surface area contributed by atoms with Crippen LogP contribution in [0, 0.1) is 21.7 Å². The third-order valence-electron chi connectivity index (χ3n) is 4.49. The van der Waals surface area contributed by atoms with Crippen LogP contribution in [-0.4, -0.2) is 35.4 Å². The largest absolute Gasteiger partial charge is 0.464 e. The molecule has 4 aromatic rings. The molecule has 0 spiro atoms. The van der Waals surface area contributed by atoms with Crippen molar-refractivity contribution in [1.29, 1.82) is 0 Å². The van der Waals surface area contributed by atoms with Crippen molar-refractivity contribution < 1.29 is 23.2 Å². The Balaban J connectivity index is 1.38. The van der Waals surface area contributed by atoms with Gasteiger partial charge in [-0.3, -0.25) is 20.2 Å². The van der Waals surface area contributed by atoms with Crippen molar-refractivity contribution in [2.75, 3.05) is 5.32 Å². The van der Waals surface area contributed by atoms with Gasteiger partial charge in [0.15, 0.2) is 12.4 Å². The van der Waals surface area contributed by atoms with Crippen molar-refractivity contribution in [3.8, 4) is 5.75 Å². The van der Waals surface area contributed by atoms with Crippen molar-refractivity contribution in [3.05, 3.63) is 93.0 Å². The Morgan fingerprint density at radius 1 is 1.18 bits per heavy atom. The first-order chi connectivity index (χ1) is 16.3. The van der Waals surface area contributed by atoms with E-state index in [-0.39, 0.29) is 41.3 Å². The van der Waals surface area contributed by atoms with Crippen LogP contribution in [0.15, 0.2) is 55.0 Å². The fourth-order valence-corrected chi connectivity index (χ4v) is 3.11. The summed E-state index contributed by atoms with van der Waals surface area (Å²) in [7, 11) is 0. The first kappa shape index (κ1) is 22.8. The lowest BCUT2D eigenvalue weighted by Gasteiger charge is -2.06. The van der Waals surface area contributed by atoms with Crippen LogP contribution >= 0.6 is 11.6 Å². The van der Waals surface area contributed by atoms with Crippen LogP contribution in [0.4, 0.5) is 20.4 Å². The van der Waals surface area contributed by atoms with Crippen molar-refractivity contribution in [3.63, 3.8) is 0 Å². The molecular weight excluding hydrogens is 476 g/mol. The zero-order chi connectivity index (χ0) is 24.2. The van der Waals surface area contributed by atoms with E-state index in [1.807, 2.05) is 0 Å². The number of ether oxygens (including phenoxy) is 1. The number of carbonyl (C=O) groups is 1. The van der Waals surface area contributed by atoms with Gasteiger partial charge in [0.25, 0.3) is 5.91 Å². The van der Waals surface area contributed by atoms with Gasteiger partial charge in [0.2, 0.25) is 11.7 Å². The van der Waals surface area contributed by atoms with E-state index in [1.54, 1.807) is 6.07 Å². The molecule has 0 radical (unpaired) electrons. The summed E-state index contributed by atoms with van der Waals surface area (Å²) in [5.74, 6) is -2.16. The van der Waals surface area contributed by atoms with Crippen LogP contribution in [-0.2, 0) is 13.3 Å². The van der Waals surface area contributed by atoms with Gasteiger partial charge in [0.05, 0.1) is 11.5 Å². The van der Waals surface area contributed by atoms with Gasteiger partial charge in [0.1, 0.15) is 18.0 Å². The minimum absolute atomic E-state index is 0.00651. The zero-order valence-corrected chi connectivity index (χ0v) is 17.8. The third-order valence-corrected chi connectivity index (χ3v) is 4.84. The van der Waals surface area contributed by atoms with E-state index < -0.39 is 28.2 Å². The molecule has 0 atom stereocenters. The fourth-order valence-electron chi connectivity index (χ4n) is 2.88. The maximum Gasteiger partial charge on any atom is 0.311 e. The highest BCUT2D eigenvalue weighted by molar-refractivity contribution is 6.31. The van der Waals surface area contributed by atoms with Crippen LogP contribution in [0.3, 0.4) is 0 Å². The van der Waals surface area contributed by atoms with Gasteiger partial charge < -0.3 is 4.74 Å². The van der Waals surface area contributed by atoms with Crippen molar-refractivity contribution >= 4 is 29.1 Å². The molecule has 1 N–H and O–H groups in total. The number of hydrogen-bond donors (Lipinski definition) is 1. The molecule has 14 heteroatoms. The number of hydrogen-bond acceptors (Lipinski definition) is 7. The molecule has 2 heterocycles. The monoisotopic (exact) mass is 489 g/mol. The van der Waals surface area contributed by atoms with Gasteiger partial charge in [-0.1, -0.05) is 17.7 Å². The lowest BCUT2D eigenvalue weighted by atomic mass is 10.2. The number of nitro benzene ring substituents is 1. The molecule has 0 bridgehead atoms. The normalized spacial score (nSPS) is 10.8. The number of nitrogens with zero attached hydrogens (tertiary/aromatic N) is 6. The Labute approximate surface area is 194 Å². The summed E-state index contributed by atoms with van der Waals surface area (Å²) in [6, 6.07) is 8.48. The molecule has 0 unspecified atom stereocenters. The molecule has 2 aromatic heterocycles. The topological polar surface area (TPSA) is 130 Å². The van der Waals surface area contributed by atoms with Gasteiger partial charge in [-0.05, 0) is 24.3 Å². The molecule has 0 aliphatic carbocycles. The highest BCUT2D eigenvalue weighted by Crippen LogP contribution is 2.27. The van der Waals surface area contributed by atoms with Gasteiger partial charge in [-0.25, -0.2) is 23.1 Å². The first-order valence-electron chi connectivity index (χ1n) is 9.54. The Hall–Kier alpha value is -4.39. The molecule has 11 nitrogen and oxygen atoms in total. The predicted octanol–water partition coefficient (Wildman–Crippen LogP) is 3.65. The van der Waals surface area contributed by atoms with E-state index in [0.29, 0.717) is 0 Å². The predicted molar refractivity (Wildman–Crippen MR) is 114 cm³/mol. The van der Waals surface area contributed by atoms with Gasteiger partial charge in [-0.2, -0.15) is 5.10 Å². The maximum atomic E-state index is 13.9. The van der Waals surface area contributed by atoms with Gasteiger partial charge in [0, 0.05) is 28.9 Å². The number of nitrogens with one attached hydrogen (secondary N) is 1. The summed E-state index contributed by atoms with van der Waals surface area (Å²) in [4.78, 5) is 26.7. The maximum absolute atomic E-state index is 13.9. The second kappa shape index (κ2) is 9.62. The lowest BCUT2D eigenvalue weighted by molar-refractivity contribution is -0.386. The molecule has 174 valence electrons. The number of carbonyl (C=O) groups excluding carboxylic acids is 1. The quantitative estimate of drug-likeness (QED) is 0.295. The number of anilines is 1. The van der Waals surface area contributed by atoms with E-state index in [4.69, 9.17) is 16.3 Å². The molecule has 0 aliphatic rings. The number of nitro groups is 1. The average Bonchev–Trinajstić information content (AvgIpc) is 3.44. The van der Waals surface area contributed by atoms with Gasteiger partial charge >= 0.3 is 5.69 Å². The van der Waals surface area contributed by atoms with Crippen molar-refractivity contribution in [1.82, 2.24) is 24.5 Å². The number of rotatable bonds is 8. The first-order valence-corrected chi connectivity index (χ1v) is 9.92. The second-order valence-electron chi connectivity index (χ2n) is 6.80. The summed E-state index contributed by atoms with van der Waals surface area (Å²) in [5.41, 5.74) is -0.208. The molecule has 2 aromatic carbocycles. The Bertz CT molecular complexity index is 1350. The minimum Gasteiger partial charge on any atom is -0.464 e. The van der Waals surface area contributed by atoms with Gasteiger partial charge in [-0.15, -0.1) is 5.10 Å². The number of benzene rings is 2. The zero-order valence-electron chi connectivity index (χ0n) is 17.1. The number of halogens is 3. The van der Waals surface area contributed by atoms with E-state index >= 15 is 0 Å². The smallest absolute Gasteiger partial charge is 0.311 e. The highest BCUT2D eigenvalue weighted by Gasteiger charge is 2.17.